The Hall–Kier alpha value is -2.97. The number of carbonyl (C=O) groups is 1. The van der Waals surface area contributed by atoms with Crippen LogP contribution in [0.5, 0.6) is 5.75 Å². The summed E-state index contributed by atoms with van der Waals surface area (Å²) in [5.41, 5.74) is 0.919. The van der Waals surface area contributed by atoms with Gasteiger partial charge in [0, 0.05) is 7.05 Å². The highest BCUT2D eigenvalue weighted by molar-refractivity contribution is 5.94. The van der Waals surface area contributed by atoms with E-state index in [1.165, 1.54) is 24.5 Å². The van der Waals surface area contributed by atoms with Gasteiger partial charge in [0.15, 0.2) is 0 Å². The first kappa shape index (κ1) is 15.9. The fourth-order valence-electron chi connectivity index (χ4n) is 2.08. The number of ether oxygens (including phenoxy) is 1. The molecule has 0 atom stereocenters. The number of fused-ring (bicyclic) bond motifs is 1. The van der Waals surface area contributed by atoms with Gasteiger partial charge in [-0.1, -0.05) is 0 Å². The molecule has 0 N–H and O–H groups in total. The lowest BCUT2D eigenvalue weighted by Crippen LogP contribution is -2.13. The number of hydrogen-bond donors (Lipinski definition) is 0. The number of halogens is 5. The van der Waals surface area contributed by atoms with Crippen molar-refractivity contribution >= 4 is 17.0 Å². The van der Waals surface area contributed by atoms with E-state index in [1.807, 2.05) is 0 Å². The molecular weight excluding hydrogens is 335 g/mol. The van der Waals surface area contributed by atoms with Crippen molar-refractivity contribution in [3.05, 3.63) is 59.2 Å². The van der Waals surface area contributed by atoms with Gasteiger partial charge in [0.1, 0.15) is 0 Å². The summed E-state index contributed by atoms with van der Waals surface area (Å²) in [6, 6.07) is 4.02. The zero-order valence-corrected chi connectivity index (χ0v) is 11.9. The number of nitrogens with zero attached hydrogens (tertiary/aromatic N) is 2. The molecule has 0 spiro atoms. The zero-order chi connectivity index (χ0) is 17.6. The third-order valence-electron chi connectivity index (χ3n) is 3.33. The SMILES string of the molecule is Cn1cnc2ccc(C(=O)Oc3c(F)c(F)c(F)c(F)c3F)cc21. The Morgan fingerprint density at radius 2 is 1.58 bits per heavy atom. The maximum Gasteiger partial charge on any atom is 0.343 e. The summed E-state index contributed by atoms with van der Waals surface area (Å²) in [5, 5.41) is 0. The molecule has 0 saturated heterocycles. The van der Waals surface area contributed by atoms with E-state index in [1.54, 1.807) is 11.6 Å². The minimum absolute atomic E-state index is 0.143. The summed E-state index contributed by atoms with van der Waals surface area (Å²) < 4.78 is 72.2. The van der Waals surface area contributed by atoms with E-state index in [9.17, 15) is 26.7 Å². The highest BCUT2D eigenvalue weighted by Gasteiger charge is 2.29. The second-order valence-electron chi connectivity index (χ2n) is 4.85. The first-order chi connectivity index (χ1) is 11.3. The van der Waals surface area contributed by atoms with Crippen LogP contribution >= 0.6 is 0 Å². The highest BCUT2D eigenvalue weighted by Crippen LogP contribution is 2.29. The molecule has 9 heteroatoms. The van der Waals surface area contributed by atoms with Gasteiger partial charge < -0.3 is 9.30 Å². The van der Waals surface area contributed by atoms with Gasteiger partial charge >= 0.3 is 5.97 Å². The van der Waals surface area contributed by atoms with Gasteiger partial charge in [0.05, 0.1) is 22.9 Å². The average Bonchev–Trinajstić information content (AvgIpc) is 2.95. The summed E-state index contributed by atoms with van der Waals surface area (Å²) in [6.07, 6.45) is 1.48. The molecule has 24 heavy (non-hydrogen) atoms. The fourth-order valence-corrected chi connectivity index (χ4v) is 2.08. The van der Waals surface area contributed by atoms with Crippen LogP contribution in [0.3, 0.4) is 0 Å². The molecule has 0 radical (unpaired) electrons. The smallest absolute Gasteiger partial charge is 0.343 e. The number of aromatic nitrogens is 2. The number of benzene rings is 2. The van der Waals surface area contributed by atoms with E-state index in [4.69, 9.17) is 0 Å². The molecule has 3 rings (SSSR count). The Kier molecular flexibility index (Phi) is 3.70. The number of hydrogen-bond acceptors (Lipinski definition) is 3. The maximum absolute atomic E-state index is 13.5. The molecule has 1 aromatic heterocycles. The van der Waals surface area contributed by atoms with Crippen molar-refractivity contribution < 1.29 is 31.5 Å². The Morgan fingerprint density at radius 1 is 1.00 bits per heavy atom. The molecule has 0 aliphatic rings. The molecule has 0 amide bonds. The van der Waals surface area contributed by atoms with E-state index in [2.05, 4.69) is 9.72 Å². The second kappa shape index (κ2) is 5.59. The lowest BCUT2D eigenvalue weighted by molar-refractivity contribution is 0.0716. The molecule has 1 heterocycles. The van der Waals surface area contributed by atoms with Crippen LogP contribution in [0.4, 0.5) is 22.0 Å². The largest absolute Gasteiger partial charge is 0.416 e. The van der Waals surface area contributed by atoms with Gasteiger partial charge in [0.2, 0.25) is 34.8 Å². The van der Waals surface area contributed by atoms with Crippen LogP contribution in [0.25, 0.3) is 11.0 Å². The monoisotopic (exact) mass is 342 g/mol. The number of imidazole rings is 1. The van der Waals surface area contributed by atoms with Gasteiger partial charge in [-0.15, -0.1) is 0 Å². The van der Waals surface area contributed by atoms with Crippen LogP contribution in [0.2, 0.25) is 0 Å². The van der Waals surface area contributed by atoms with Crippen molar-refractivity contribution in [1.29, 1.82) is 0 Å². The van der Waals surface area contributed by atoms with Crippen molar-refractivity contribution in [2.75, 3.05) is 0 Å². The van der Waals surface area contributed by atoms with E-state index in [-0.39, 0.29) is 5.56 Å². The molecule has 0 unspecified atom stereocenters. The molecule has 0 aliphatic carbocycles. The lowest BCUT2D eigenvalue weighted by atomic mass is 10.2. The van der Waals surface area contributed by atoms with Crippen LogP contribution in [0.1, 0.15) is 10.4 Å². The minimum Gasteiger partial charge on any atom is -0.416 e. The van der Waals surface area contributed by atoms with Crippen molar-refractivity contribution in [2.45, 2.75) is 0 Å². The molecule has 4 nitrogen and oxygen atoms in total. The summed E-state index contributed by atoms with van der Waals surface area (Å²) >= 11 is 0. The Morgan fingerprint density at radius 3 is 2.21 bits per heavy atom. The summed E-state index contributed by atoms with van der Waals surface area (Å²) in [4.78, 5) is 16.0. The van der Waals surface area contributed by atoms with Gasteiger partial charge in [-0.25, -0.2) is 22.9 Å². The van der Waals surface area contributed by atoms with Gasteiger partial charge in [-0.05, 0) is 18.2 Å². The third-order valence-corrected chi connectivity index (χ3v) is 3.33. The number of carbonyl (C=O) groups excluding carboxylic acids is 1. The third kappa shape index (κ3) is 2.38. The van der Waals surface area contributed by atoms with Crippen molar-refractivity contribution in [3.8, 4) is 5.75 Å². The molecule has 0 fully saturated rings. The maximum atomic E-state index is 13.5. The van der Waals surface area contributed by atoms with Crippen molar-refractivity contribution in [3.63, 3.8) is 0 Å². The summed E-state index contributed by atoms with van der Waals surface area (Å²) in [5.74, 6) is -14.1. The summed E-state index contributed by atoms with van der Waals surface area (Å²) in [7, 11) is 1.65. The minimum atomic E-state index is -2.33. The molecular formula is C15H7F5N2O2. The van der Waals surface area contributed by atoms with Gasteiger partial charge in [-0.3, -0.25) is 0 Å². The zero-order valence-electron chi connectivity index (χ0n) is 11.9. The van der Waals surface area contributed by atoms with Gasteiger partial charge in [0.25, 0.3) is 0 Å². The lowest BCUT2D eigenvalue weighted by Gasteiger charge is -2.09. The predicted octanol–water partition coefficient (Wildman–Crippen LogP) is 3.49. The molecule has 0 saturated carbocycles. The molecule has 0 aliphatic heterocycles. The molecule has 2 aromatic carbocycles. The number of rotatable bonds is 2. The second-order valence-corrected chi connectivity index (χ2v) is 4.85. The van der Waals surface area contributed by atoms with E-state index >= 15 is 0 Å². The normalized spacial score (nSPS) is 11.1. The first-order valence-electron chi connectivity index (χ1n) is 6.46. The van der Waals surface area contributed by atoms with Crippen LogP contribution in [0, 0.1) is 29.1 Å². The van der Waals surface area contributed by atoms with Gasteiger partial charge in [-0.2, -0.15) is 8.78 Å². The van der Waals surface area contributed by atoms with Crippen LogP contribution in [-0.2, 0) is 7.05 Å². The van der Waals surface area contributed by atoms with Crippen molar-refractivity contribution in [1.82, 2.24) is 9.55 Å². The standard InChI is InChI=1S/C15H7F5N2O2/c1-22-5-21-7-3-2-6(4-8(7)22)15(23)24-14-12(19)10(17)9(16)11(18)13(14)20/h2-5H,1H3. The van der Waals surface area contributed by atoms with Crippen LogP contribution in [0.15, 0.2) is 24.5 Å². The first-order valence-corrected chi connectivity index (χ1v) is 6.46. The Balaban J connectivity index is 2.01. The highest BCUT2D eigenvalue weighted by atomic mass is 19.2. The number of aryl methyl sites for hydroxylation is 1. The van der Waals surface area contributed by atoms with Crippen LogP contribution in [-0.4, -0.2) is 15.5 Å². The van der Waals surface area contributed by atoms with E-state index in [0.717, 1.165) is 0 Å². The topological polar surface area (TPSA) is 44.1 Å². The molecule has 0 bridgehead atoms. The van der Waals surface area contributed by atoms with Crippen molar-refractivity contribution in [2.24, 2.45) is 7.05 Å². The Bertz CT molecular complexity index is 955. The number of esters is 1. The Labute approximate surface area is 131 Å². The van der Waals surface area contributed by atoms with Crippen LogP contribution < -0.4 is 4.74 Å². The molecule has 3 aromatic rings. The quantitative estimate of drug-likeness (QED) is 0.235. The summed E-state index contributed by atoms with van der Waals surface area (Å²) in [6.45, 7) is 0. The van der Waals surface area contributed by atoms with E-state index < -0.39 is 40.8 Å². The fraction of sp³-hybridized carbons (Fsp3) is 0.0667. The average molecular weight is 342 g/mol. The molecule has 124 valence electrons. The van der Waals surface area contributed by atoms with E-state index in [0.29, 0.717) is 11.0 Å². The predicted molar refractivity (Wildman–Crippen MR) is 71.9 cm³/mol.